The Bertz CT molecular complexity index is 601. The molecule has 0 aliphatic heterocycles. The van der Waals surface area contributed by atoms with E-state index in [1.165, 1.54) is 5.56 Å². The Balaban J connectivity index is -0.000000298. The van der Waals surface area contributed by atoms with Crippen molar-refractivity contribution in [3.8, 4) is 0 Å². The predicted molar refractivity (Wildman–Crippen MR) is 135 cm³/mol. The average molecular weight is 494 g/mol. The SMILES string of the molecule is Cl.Cl.PCc1ccccc1.[C-]1=CC=CC1.[SiH2]=[Ti].[c-]1ccccc1.[c-]1ccccc1. The van der Waals surface area contributed by atoms with Crippen LogP contribution in [-0.2, 0) is 25.3 Å². The van der Waals surface area contributed by atoms with Crippen LogP contribution < -0.4 is 0 Å². The molecule has 0 saturated heterocycles. The maximum absolute atomic E-state index is 2.99. The molecule has 3 aromatic carbocycles. The van der Waals surface area contributed by atoms with Crippen LogP contribution >= 0.6 is 34.1 Å². The molecule has 29 heavy (non-hydrogen) atoms. The van der Waals surface area contributed by atoms with Crippen molar-refractivity contribution in [3.05, 3.63) is 133 Å². The van der Waals surface area contributed by atoms with Gasteiger partial charge in [0.25, 0.3) is 0 Å². The van der Waals surface area contributed by atoms with E-state index < -0.39 is 0 Å². The van der Waals surface area contributed by atoms with Gasteiger partial charge >= 0.3 is 26.8 Å². The quantitative estimate of drug-likeness (QED) is 0.213. The molecular weight excluding hydrogens is 466 g/mol. The number of benzene rings is 3. The van der Waals surface area contributed by atoms with Crippen LogP contribution in [0.4, 0.5) is 0 Å². The number of hydrogen-bond acceptors (Lipinski definition) is 0. The normalized spacial score (nSPS) is 8.97. The average Bonchev–Trinajstić information content (AvgIpc) is 3.39. The fourth-order valence-corrected chi connectivity index (χ4v) is 1.91. The second-order valence-electron chi connectivity index (χ2n) is 4.85. The summed E-state index contributed by atoms with van der Waals surface area (Å²) in [5.74, 6) is 0. The van der Waals surface area contributed by atoms with Crippen molar-refractivity contribution in [1.29, 1.82) is 0 Å². The van der Waals surface area contributed by atoms with Gasteiger partial charge in [-0.25, -0.2) is 12.2 Å². The number of hydrogen-bond donors (Lipinski definition) is 0. The second-order valence-corrected chi connectivity index (χ2v) is 5.26. The Morgan fingerprint density at radius 2 is 1.21 bits per heavy atom. The summed E-state index contributed by atoms with van der Waals surface area (Å²) < 4.78 is 0. The van der Waals surface area contributed by atoms with Gasteiger partial charge in [-0.2, -0.15) is 78.9 Å². The first-order chi connectivity index (χ1) is 13.4. The summed E-state index contributed by atoms with van der Waals surface area (Å²) in [4.78, 5) is 0. The van der Waals surface area contributed by atoms with Crippen LogP contribution in [0.25, 0.3) is 0 Å². The summed E-state index contributed by atoms with van der Waals surface area (Å²) in [6.45, 7) is 0. The van der Waals surface area contributed by atoms with E-state index in [-0.39, 0.29) is 24.8 Å². The van der Waals surface area contributed by atoms with Gasteiger partial charge in [-0.1, -0.05) is 30.3 Å². The molecule has 4 rings (SSSR count). The minimum absolute atomic E-state index is 0. The van der Waals surface area contributed by atoms with Crippen LogP contribution in [0.3, 0.4) is 0 Å². The minimum atomic E-state index is 0. The fraction of sp³-hybridized carbons (Fsp3) is 0.0833. The van der Waals surface area contributed by atoms with Crippen molar-refractivity contribution < 1.29 is 19.2 Å². The number of rotatable bonds is 1. The van der Waals surface area contributed by atoms with E-state index in [2.05, 4.69) is 57.8 Å². The van der Waals surface area contributed by atoms with Crippen molar-refractivity contribution >= 4 is 41.7 Å². The van der Waals surface area contributed by atoms with Crippen LogP contribution in [0.1, 0.15) is 12.0 Å². The van der Waals surface area contributed by atoms with E-state index in [4.69, 9.17) is 0 Å². The molecule has 0 saturated carbocycles. The van der Waals surface area contributed by atoms with E-state index in [1.807, 2.05) is 106 Å². The fourth-order valence-electron chi connectivity index (χ4n) is 1.64. The zero-order valence-corrected chi connectivity index (χ0v) is 22.2. The predicted octanol–water partition coefficient (Wildman–Crippen LogP) is 6.27. The van der Waals surface area contributed by atoms with Crippen LogP contribution in [0.15, 0.2) is 109 Å². The van der Waals surface area contributed by atoms with Gasteiger partial charge < -0.3 is 0 Å². The molecule has 3 aromatic rings. The smallest absolute Gasteiger partial charge is 0.171 e. The second kappa shape index (κ2) is 29.3. The Kier molecular flexibility index (Phi) is 33.1. The van der Waals surface area contributed by atoms with Gasteiger partial charge in [-0.15, -0.1) is 40.5 Å². The van der Waals surface area contributed by atoms with Crippen LogP contribution in [-0.4, -0.2) is 7.63 Å². The van der Waals surface area contributed by atoms with Crippen LogP contribution in [0, 0.1) is 18.2 Å². The maximum atomic E-state index is 2.99. The summed E-state index contributed by atoms with van der Waals surface area (Å²) in [6.07, 6.45) is 11.1. The third-order valence-corrected chi connectivity index (χ3v) is 3.35. The van der Waals surface area contributed by atoms with E-state index in [0.29, 0.717) is 0 Å². The van der Waals surface area contributed by atoms with Gasteiger partial charge in [-0.05, 0) is 11.7 Å². The first-order valence-electron chi connectivity index (χ1n) is 8.56. The van der Waals surface area contributed by atoms with Gasteiger partial charge in [-0.3, -0.25) is 6.08 Å². The molecule has 1 aliphatic rings. The third-order valence-electron chi connectivity index (χ3n) is 2.88. The molecule has 0 fully saturated rings. The van der Waals surface area contributed by atoms with Gasteiger partial charge in [0.2, 0.25) is 0 Å². The van der Waals surface area contributed by atoms with Gasteiger partial charge in [0, 0.05) is 0 Å². The number of halogens is 2. The van der Waals surface area contributed by atoms with Crippen LogP contribution in [0.5, 0.6) is 0 Å². The Labute approximate surface area is 205 Å². The van der Waals surface area contributed by atoms with Crippen molar-refractivity contribution in [1.82, 2.24) is 0 Å². The largest absolute Gasteiger partial charge is 0.184 e. The van der Waals surface area contributed by atoms with E-state index >= 15 is 0 Å². The number of allylic oxidation sites excluding steroid dienone is 4. The third kappa shape index (κ3) is 25.0. The van der Waals surface area contributed by atoms with Crippen molar-refractivity contribution in [2.45, 2.75) is 12.6 Å². The van der Waals surface area contributed by atoms with Gasteiger partial charge in [0.1, 0.15) is 0 Å². The van der Waals surface area contributed by atoms with Gasteiger partial charge in [0.05, 0.1) is 0 Å². The zero-order valence-electron chi connectivity index (χ0n) is 16.4. The van der Waals surface area contributed by atoms with Gasteiger partial charge in [0.15, 0.2) is 0 Å². The molecule has 0 N–H and O–H groups in total. The summed E-state index contributed by atoms with van der Waals surface area (Å²) in [6, 6.07) is 35.4. The molecule has 0 aromatic heterocycles. The Morgan fingerprint density at radius 1 is 0.759 bits per heavy atom. The maximum Gasteiger partial charge on any atom is -0.171 e. The molecule has 0 spiro atoms. The minimum Gasteiger partial charge on any atom is -0.184 e. The molecule has 0 amide bonds. The molecule has 1 atom stereocenters. The standard InChI is InChI=1S/C7H9P.2C6H5.C5H5.2ClH.H2Si.Ti/c8-6-7-4-2-1-3-5-7;2*1-2-4-6-5-3-1;1-2-4-5-3-1;;;;/h1-5H,6,8H2;2*1-5H;1-3H,4H2;2*1H;1H2;/q;3*-1;;;;. The monoisotopic (exact) mass is 493 g/mol. The molecule has 154 valence electrons. The topological polar surface area (TPSA) is 0 Å². The van der Waals surface area contributed by atoms with E-state index in [1.54, 1.807) is 0 Å². The Hall–Kier alpha value is -0.919. The summed E-state index contributed by atoms with van der Waals surface area (Å²) in [5, 5.41) is 0. The molecule has 1 aliphatic carbocycles. The molecule has 0 bridgehead atoms. The van der Waals surface area contributed by atoms with Crippen molar-refractivity contribution in [2.75, 3.05) is 0 Å². The summed E-state index contributed by atoms with van der Waals surface area (Å²) in [7, 11) is 4.55. The summed E-state index contributed by atoms with van der Waals surface area (Å²) in [5.41, 5.74) is 1.37. The molecule has 0 radical (unpaired) electrons. The molecule has 0 nitrogen and oxygen atoms in total. The first-order valence-corrected chi connectivity index (χ1v) is 13.4. The molecule has 5 heteroatoms. The molecule has 1 unspecified atom stereocenters. The Morgan fingerprint density at radius 3 is 1.38 bits per heavy atom. The van der Waals surface area contributed by atoms with Crippen molar-refractivity contribution in [2.24, 2.45) is 0 Å². The van der Waals surface area contributed by atoms with Crippen LogP contribution in [0.2, 0.25) is 0 Å². The zero-order chi connectivity index (χ0) is 19.8. The summed E-state index contributed by atoms with van der Waals surface area (Å²) >= 11 is 2.03. The first kappa shape index (κ1) is 32.7. The molecule has 0 heterocycles. The van der Waals surface area contributed by atoms with Crippen molar-refractivity contribution in [3.63, 3.8) is 0 Å². The van der Waals surface area contributed by atoms with E-state index in [0.717, 1.165) is 12.6 Å². The van der Waals surface area contributed by atoms with E-state index in [9.17, 15) is 0 Å². The molecular formula is C24H28Cl2PSiTi-3.